The van der Waals surface area contributed by atoms with E-state index in [0.717, 1.165) is 12.1 Å². The number of nitrogens with zero attached hydrogens (tertiary/aromatic N) is 3. The fourth-order valence-corrected chi connectivity index (χ4v) is 4.57. The number of imidazole rings is 1. The molecule has 0 saturated carbocycles. The van der Waals surface area contributed by atoms with Crippen LogP contribution < -0.4 is 9.51 Å². The molecule has 0 bridgehead atoms. The normalized spacial score (nSPS) is 12.0. The minimum absolute atomic E-state index is 0.138. The van der Waals surface area contributed by atoms with Crippen LogP contribution in [0.15, 0.2) is 42.7 Å². The molecule has 0 radical (unpaired) electrons. The van der Waals surface area contributed by atoms with Crippen molar-refractivity contribution < 1.29 is 27.5 Å². The van der Waals surface area contributed by atoms with Gasteiger partial charge in [0.15, 0.2) is 4.47 Å². The van der Waals surface area contributed by atoms with Gasteiger partial charge in [-0.15, -0.1) is 22.7 Å². The highest BCUT2D eigenvalue weighted by Gasteiger charge is 2.35. The second-order valence-corrected chi connectivity index (χ2v) is 8.52. The maximum Gasteiger partial charge on any atom is 0.425 e. The Bertz CT molecular complexity index is 1200. The fourth-order valence-electron chi connectivity index (χ4n) is 2.79. The lowest BCUT2D eigenvalue weighted by Crippen LogP contribution is -2.24. The maximum atomic E-state index is 13.0. The number of rotatable bonds is 4. The van der Waals surface area contributed by atoms with E-state index < -0.39 is 22.7 Å². The number of ketones is 1. The van der Waals surface area contributed by atoms with Gasteiger partial charge in [-0.3, -0.25) is 4.79 Å². The van der Waals surface area contributed by atoms with Crippen LogP contribution in [0.1, 0.15) is 25.1 Å². The predicted octanol–water partition coefficient (Wildman–Crippen LogP) is 3.77. The van der Waals surface area contributed by atoms with E-state index in [4.69, 9.17) is 11.6 Å². The van der Waals surface area contributed by atoms with Crippen LogP contribution in [0.4, 0.5) is 13.2 Å². The van der Waals surface area contributed by atoms with Crippen molar-refractivity contribution in [1.82, 2.24) is 9.55 Å². The number of fused-ring (bicyclic) bond motifs is 1. The van der Waals surface area contributed by atoms with Gasteiger partial charge in [-0.1, -0.05) is 17.7 Å². The largest absolute Gasteiger partial charge is 0.839 e. The van der Waals surface area contributed by atoms with Crippen molar-refractivity contribution >= 4 is 45.7 Å². The second kappa shape index (κ2) is 6.87. The van der Waals surface area contributed by atoms with Gasteiger partial charge in [-0.25, -0.2) is 14.0 Å². The van der Waals surface area contributed by atoms with Gasteiger partial charge in [0.25, 0.3) is 5.65 Å². The summed E-state index contributed by atoms with van der Waals surface area (Å²) >= 11 is 7.36. The van der Waals surface area contributed by atoms with Crippen LogP contribution in [0, 0.1) is 0 Å². The Labute approximate surface area is 168 Å². The molecule has 0 fully saturated rings. The van der Waals surface area contributed by atoms with Crippen molar-refractivity contribution in [3.8, 4) is 5.88 Å². The van der Waals surface area contributed by atoms with Crippen molar-refractivity contribution in [3.05, 3.63) is 67.5 Å². The number of alkyl halides is 3. The van der Waals surface area contributed by atoms with Gasteiger partial charge >= 0.3 is 6.18 Å². The average molecular weight is 444 g/mol. The lowest BCUT2D eigenvalue weighted by atomic mass is 10.2. The molecular formula is C17H9ClF3N3O2S2. The molecule has 0 spiro atoms. The molecule has 4 aromatic rings. The summed E-state index contributed by atoms with van der Waals surface area (Å²) in [7, 11) is 0. The number of carbonyl (C=O) groups excluding carboxylic acids is 1. The van der Waals surface area contributed by atoms with Crippen molar-refractivity contribution in [2.75, 3.05) is 0 Å². The molecule has 5 nitrogen and oxygen atoms in total. The Kier molecular flexibility index (Phi) is 4.64. The van der Waals surface area contributed by atoms with E-state index in [9.17, 15) is 23.1 Å². The highest BCUT2D eigenvalue weighted by atomic mass is 35.5. The first-order valence-electron chi connectivity index (χ1n) is 7.77. The Balaban J connectivity index is 1.85. The van der Waals surface area contributed by atoms with Crippen LogP contribution in [-0.2, 0) is 12.7 Å². The summed E-state index contributed by atoms with van der Waals surface area (Å²) in [5.41, 5.74) is 0.222. The van der Waals surface area contributed by atoms with Crippen LogP contribution >= 0.6 is 34.3 Å². The van der Waals surface area contributed by atoms with Crippen LogP contribution in [0.25, 0.3) is 5.65 Å². The highest BCUT2D eigenvalue weighted by molar-refractivity contribution is 7.15. The molecule has 0 unspecified atom stereocenters. The highest BCUT2D eigenvalue weighted by Crippen LogP contribution is 2.36. The number of hydrogen-bond donors (Lipinski definition) is 0. The summed E-state index contributed by atoms with van der Waals surface area (Å²) in [4.78, 5) is 16.5. The fraction of sp³-hybridized carbons (Fsp3) is 0.118. The number of thiophene rings is 1. The molecule has 144 valence electrons. The standard InChI is InChI=1S/C17H9ClF3N3O2S2/c18-16-22-7-9(27-16)8-24-12-3-1-2-6-23(12)15(26)13(24)14(25)10-4-5-11(28-10)17(19,20)21/h1-7H,8H2. The van der Waals surface area contributed by atoms with Crippen LogP contribution in [0.3, 0.4) is 0 Å². The minimum atomic E-state index is -4.55. The molecule has 11 heteroatoms. The van der Waals surface area contributed by atoms with E-state index in [1.54, 1.807) is 18.2 Å². The zero-order valence-corrected chi connectivity index (χ0v) is 16.1. The third kappa shape index (κ3) is 3.27. The van der Waals surface area contributed by atoms with Crippen LogP contribution in [0.2, 0.25) is 4.47 Å². The van der Waals surface area contributed by atoms with Gasteiger partial charge in [0, 0.05) is 12.3 Å². The summed E-state index contributed by atoms with van der Waals surface area (Å²) in [6, 6.07) is 6.91. The molecule has 4 heterocycles. The zero-order valence-electron chi connectivity index (χ0n) is 13.7. The van der Waals surface area contributed by atoms with Gasteiger partial charge in [-0.2, -0.15) is 13.2 Å². The summed E-state index contributed by atoms with van der Waals surface area (Å²) in [6.07, 6.45) is -1.53. The Morgan fingerprint density at radius 2 is 2.04 bits per heavy atom. The SMILES string of the molecule is O=C(c1ccc(C(F)(F)F)s1)c1c([O-])[n+]2ccccc2n1Cc1cnc(Cl)s1. The van der Waals surface area contributed by atoms with E-state index >= 15 is 0 Å². The molecule has 0 saturated heterocycles. The minimum Gasteiger partial charge on any atom is -0.839 e. The first kappa shape index (κ1) is 18.9. The average Bonchev–Trinajstić information content (AvgIpc) is 3.34. The van der Waals surface area contributed by atoms with Gasteiger partial charge in [0.1, 0.15) is 17.3 Å². The summed E-state index contributed by atoms with van der Waals surface area (Å²) in [5.74, 6) is -1.36. The lowest BCUT2D eigenvalue weighted by Gasteiger charge is -2.04. The third-order valence-corrected chi connectivity index (χ3v) is 6.20. The predicted molar refractivity (Wildman–Crippen MR) is 96.0 cm³/mol. The Morgan fingerprint density at radius 3 is 2.68 bits per heavy atom. The van der Waals surface area contributed by atoms with Crippen molar-refractivity contribution in [2.45, 2.75) is 12.7 Å². The van der Waals surface area contributed by atoms with E-state index in [1.165, 1.54) is 32.7 Å². The van der Waals surface area contributed by atoms with Gasteiger partial charge in [0.05, 0.1) is 16.0 Å². The molecule has 0 aliphatic carbocycles. The molecule has 4 aromatic heterocycles. The quantitative estimate of drug-likeness (QED) is 0.356. The first-order valence-corrected chi connectivity index (χ1v) is 9.78. The summed E-state index contributed by atoms with van der Waals surface area (Å²) in [6.45, 7) is 0.138. The number of aromatic nitrogens is 3. The van der Waals surface area contributed by atoms with E-state index in [-0.39, 0.29) is 17.1 Å². The van der Waals surface area contributed by atoms with E-state index in [0.29, 0.717) is 26.3 Å². The Hall–Kier alpha value is -2.43. The number of pyridine rings is 1. The summed E-state index contributed by atoms with van der Waals surface area (Å²) < 4.78 is 41.7. The van der Waals surface area contributed by atoms with Gasteiger partial charge < -0.3 is 5.11 Å². The Morgan fingerprint density at radius 1 is 1.25 bits per heavy atom. The smallest absolute Gasteiger partial charge is 0.425 e. The first-order chi connectivity index (χ1) is 13.3. The maximum absolute atomic E-state index is 13.0. The molecule has 0 aliphatic heterocycles. The van der Waals surface area contributed by atoms with Crippen LogP contribution in [0.5, 0.6) is 5.88 Å². The number of carbonyl (C=O) groups is 1. The van der Waals surface area contributed by atoms with Crippen molar-refractivity contribution in [2.24, 2.45) is 0 Å². The van der Waals surface area contributed by atoms with E-state index in [1.807, 2.05) is 0 Å². The molecule has 0 atom stereocenters. The van der Waals surface area contributed by atoms with Crippen molar-refractivity contribution in [1.29, 1.82) is 0 Å². The molecule has 0 aromatic carbocycles. The topological polar surface area (TPSA) is 62.0 Å². The number of thiazole rings is 1. The van der Waals surface area contributed by atoms with Crippen LogP contribution in [-0.4, -0.2) is 15.3 Å². The summed E-state index contributed by atoms with van der Waals surface area (Å²) in [5, 5.41) is 12.8. The monoisotopic (exact) mass is 443 g/mol. The molecule has 4 rings (SSSR count). The van der Waals surface area contributed by atoms with Crippen molar-refractivity contribution in [3.63, 3.8) is 0 Å². The second-order valence-electron chi connectivity index (χ2n) is 5.74. The molecule has 0 amide bonds. The lowest BCUT2D eigenvalue weighted by molar-refractivity contribution is -0.582. The molecular weight excluding hydrogens is 435 g/mol. The van der Waals surface area contributed by atoms with Gasteiger partial charge in [0.2, 0.25) is 11.5 Å². The number of halogens is 4. The van der Waals surface area contributed by atoms with E-state index in [2.05, 4.69) is 4.98 Å². The zero-order chi connectivity index (χ0) is 20.1. The van der Waals surface area contributed by atoms with Gasteiger partial charge in [-0.05, 0) is 18.2 Å². The molecule has 0 N–H and O–H groups in total. The number of hydrogen-bond acceptors (Lipinski definition) is 5. The molecule has 28 heavy (non-hydrogen) atoms. The molecule has 0 aliphatic rings. The third-order valence-electron chi connectivity index (χ3n) is 3.97.